The van der Waals surface area contributed by atoms with Crippen LogP contribution in [0, 0.1) is 6.92 Å². The van der Waals surface area contributed by atoms with Gasteiger partial charge < -0.3 is 5.32 Å². The normalized spacial score (nSPS) is 11.9. The maximum Gasteiger partial charge on any atom is 0.276 e. The Morgan fingerprint density at radius 1 is 1.08 bits per heavy atom. The van der Waals surface area contributed by atoms with Crippen molar-refractivity contribution in [3.05, 3.63) is 72.1 Å². The minimum Gasteiger partial charge on any atom is -0.321 e. The van der Waals surface area contributed by atoms with Gasteiger partial charge in [-0.1, -0.05) is 24.3 Å². The van der Waals surface area contributed by atoms with Gasteiger partial charge in [0.1, 0.15) is 0 Å². The number of aryl methyl sites for hydroxylation is 1. The predicted octanol–water partition coefficient (Wildman–Crippen LogP) is 3.17. The van der Waals surface area contributed by atoms with E-state index in [0.717, 1.165) is 11.4 Å². The van der Waals surface area contributed by atoms with Crippen LogP contribution in [0.3, 0.4) is 0 Å². The maximum atomic E-state index is 12.4. The van der Waals surface area contributed by atoms with Gasteiger partial charge in [0, 0.05) is 33.3 Å². The second-order valence-corrected chi connectivity index (χ2v) is 6.73. The molecule has 0 bridgehead atoms. The van der Waals surface area contributed by atoms with E-state index in [-0.39, 0.29) is 5.91 Å². The lowest BCUT2D eigenvalue weighted by Gasteiger charge is -2.05. The van der Waals surface area contributed by atoms with E-state index in [9.17, 15) is 9.00 Å². The Morgan fingerprint density at radius 3 is 2.54 bits per heavy atom. The Bertz CT molecular complexity index is 904. The summed E-state index contributed by atoms with van der Waals surface area (Å²) in [5.41, 5.74) is 2.70. The highest BCUT2D eigenvalue weighted by atomic mass is 32.2. The molecule has 3 rings (SSSR count). The van der Waals surface area contributed by atoms with Gasteiger partial charge in [-0.2, -0.15) is 5.10 Å². The summed E-state index contributed by atoms with van der Waals surface area (Å²) in [5, 5.41) is 7.17. The van der Waals surface area contributed by atoms with Crippen LogP contribution in [0.5, 0.6) is 0 Å². The van der Waals surface area contributed by atoms with Crippen LogP contribution in [0.25, 0.3) is 5.69 Å². The number of aromatic nitrogens is 2. The van der Waals surface area contributed by atoms with E-state index < -0.39 is 10.8 Å². The molecule has 122 valence electrons. The number of anilines is 1. The van der Waals surface area contributed by atoms with Crippen LogP contribution >= 0.6 is 0 Å². The lowest BCUT2D eigenvalue weighted by Crippen LogP contribution is -2.13. The largest absolute Gasteiger partial charge is 0.321 e. The van der Waals surface area contributed by atoms with E-state index in [4.69, 9.17) is 0 Å². The standard InChI is InChI=1S/C18H17N3O2S/c1-13-11-17(20-21(13)15-8-4-3-5-9-15)18(22)19-14-7-6-10-16(12-14)24(2)23/h3-12H,1-2H3,(H,19,22)/t24-/m0/s1. The lowest BCUT2D eigenvalue weighted by molar-refractivity contribution is 0.102. The topological polar surface area (TPSA) is 64.0 Å². The molecule has 1 N–H and O–H groups in total. The fourth-order valence-electron chi connectivity index (χ4n) is 2.36. The van der Waals surface area contributed by atoms with Crippen molar-refractivity contribution in [1.82, 2.24) is 9.78 Å². The SMILES string of the molecule is Cc1cc(C(=O)Nc2cccc([S@](C)=O)c2)nn1-c1ccccc1. The van der Waals surface area contributed by atoms with Gasteiger partial charge in [-0.25, -0.2) is 4.68 Å². The Morgan fingerprint density at radius 2 is 1.83 bits per heavy atom. The lowest BCUT2D eigenvalue weighted by atomic mass is 10.3. The molecule has 0 radical (unpaired) electrons. The molecule has 0 aliphatic heterocycles. The number of para-hydroxylation sites is 1. The third-order valence-corrected chi connectivity index (χ3v) is 4.46. The summed E-state index contributed by atoms with van der Waals surface area (Å²) in [5.74, 6) is -0.299. The highest BCUT2D eigenvalue weighted by molar-refractivity contribution is 7.84. The van der Waals surface area contributed by atoms with Crippen molar-refractivity contribution in [2.45, 2.75) is 11.8 Å². The van der Waals surface area contributed by atoms with Gasteiger partial charge >= 0.3 is 0 Å². The average Bonchev–Trinajstić information content (AvgIpc) is 2.98. The molecule has 1 heterocycles. The molecule has 1 atom stereocenters. The zero-order valence-corrected chi connectivity index (χ0v) is 14.2. The molecule has 0 fully saturated rings. The number of nitrogens with zero attached hydrogens (tertiary/aromatic N) is 2. The van der Waals surface area contributed by atoms with E-state index in [1.165, 1.54) is 0 Å². The summed E-state index contributed by atoms with van der Waals surface area (Å²) in [4.78, 5) is 13.1. The molecule has 0 saturated heterocycles. The Balaban J connectivity index is 1.84. The van der Waals surface area contributed by atoms with E-state index in [2.05, 4.69) is 10.4 Å². The maximum absolute atomic E-state index is 12.4. The van der Waals surface area contributed by atoms with Crippen molar-refractivity contribution in [2.75, 3.05) is 11.6 Å². The van der Waals surface area contributed by atoms with Crippen LogP contribution in [0.1, 0.15) is 16.2 Å². The second-order valence-electron chi connectivity index (χ2n) is 5.35. The van der Waals surface area contributed by atoms with Gasteiger partial charge in [-0.15, -0.1) is 0 Å². The molecule has 3 aromatic rings. The smallest absolute Gasteiger partial charge is 0.276 e. The molecule has 0 unspecified atom stereocenters. The van der Waals surface area contributed by atoms with Crippen molar-refractivity contribution < 1.29 is 9.00 Å². The molecule has 2 aromatic carbocycles. The molecule has 0 spiro atoms. The molecule has 1 aromatic heterocycles. The van der Waals surface area contributed by atoms with Crippen molar-refractivity contribution in [2.24, 2.45) is 0 Å². The zero-order chi connectivity index (χ0) is 17.1. The Hall–Kier alpha value is -2.73. The fourth-order valence-corrected chi connectivity index (χ4v) is 2.93. The summed E-state index contributed by atoms with van der Waals surface area (Å²) in [6, 6.07) is 18.4. The third-order valence-electron chi connectivity index (χ3n) is 3.54. The number of hydrogen-bond acceptors (Lipinski definition) is 3. The molecule has 0 aliphatic carbocycles. The van der Waals surface area contributed by atoms with Gasteiger partial charge in [0.25, 0.3) is 5.91 Å². The first-order chi connectivity index (χ1) is 11.5. The first-order valence-electron chi connectivity index (χ1n) is 7.41. The van der Waals surface area contributed by atoms with Crippen molar-refractivity contribution in [3.8, 4) is 5.69 Å². The molecule has 24 heavy (non-hydrogen) atoms. The molecule has 0 saturated carbocycles. The zero-order valence-electron chi connectivity index (χ0n) is 13.4. The van der Waals surface area contributed by atoms with E-state index in [1.807, 2.05) is 37.3 Å². The molecule has 6 heteroatoms. The van der Waals surface area contributed by atoms with E-state index >= 15 is 0 Å². The van der Waals surface area contributed by atoms with Crippen molar-refractivity contribution in [3.63, 3.8) is 0 Å². The monoisotopic (exact) mass is 339 g/mol. The third kappa shape index (κ3) is 3.44. The number of carbonyl (C=O) groups is 1. The summed E-state index contributed by atoms with van der Waals surface area (Å²) in [6.45, 7) is 1.90. The van der Waals surface area contributed by atoms with Crippen LogP contribution in [-0.2, 0) is 10.8 Å². The van der Waals surface area contributed by atoms with Crippen LogP contribution in [0.15, 0.2) is 65.6 Å². The van der Waals surface area contributed by atoms with E-state index in [1.54, 1.807) is 41.3 Å². The van der Waals surface area contributed by atoms with Crippen molar-refractivity contribution >= 4 is 22.4 Å². The quantitative estimate of drug-likeness (QED) is 0.794. The minimum absolute atomic E-state index is 0.299. The number of amides is 1. The van der Waals surface area contributed by atoms with Gasteiger partial charge in [-0.3, -0.25) is 9.00 Å². The Kier molecular flexibility index (Phi) is 4.57. The second kappa shape index (κ2) is 6.80. The minimum atomic E-state index is -1.09. The average molecular weight is 339 g/mol. The number of hydrogen-bond donors (Lipinski definition) is 1. The van der Waals surface area contributed by atoms with Gasteiger partial charge in [0.2, 0.25) is 0 Å². The number of benzene rings is 2. The molecular formula is C18H17N3O2S. The van der Waals surface area contributed by atoms with Crippen LogP contribution < -0.4 is 5.32 Å². The highest BCUT2D eigenvalue weighted by Gasteiger charge is 2.14. The van der Waals surface area contributed by atoms with Crippen LogP contribution in [0.4, 0.5) is 5.69 Å². The van der Waals surface area contributed by atoms with E-state index in [0.29, 0.717) is 16.3 Å². The number of nitrogens with one attached hydrogen (secondary N) is 1. The van der Waals surface area contributed by atoms with Crippen LogP contribution in [0.2, 0.25) is 0 Å². The van der Waals surface area contributed by atoms with Gasteiger partial charge in [-0.05, 0) is 43.3 Å². The molecular weight excluding hydrogens is 322 g/mol. The summed E-state index contributed by atoms with van der Waals surface area (Å²) in [6.07, 6.45) is 1.60. The first-order valence-corrected chi connectivity index (χ1v) is 8.97. The molecule has 0 aliphatic rings. The number of rotatable bonds is 4. The highest BCUT2D eigenvalue weighted by Crippen LogP contribution is 2.16. The van der Waals surface area contributed by atoms with Crippen LogP contribution in [-0.4, -0.2) is 26.2 Å². The number of carbonyl (C=O) groups excluding carboxylic acids is 1. The predicted molar refractivity (Wildman–Crippen MR) is 95.0 cm³/mol. The Labute approximate surface area is 142 Å². The molecule has 5 nitrogen and oxygen atoms in total. The van der Waals surface area contributed by atoms with Gasteiger partial charge in [0.05, 0.1) is 5.69 Å². The molecule has 1 amide bonds. The summed E-state index contributed by atoms with van der Waals surface area (Å²) in [7, 11) is -1.09. The first kappa shape index (κ1) is 16.1. The van der Waals surface area contributed by atoms with Gasteiger partial charge in [0.15, 0.2) is 5.69 Å². The summed E-state index contributed by atoms with van der Waals surface area (Å²) >= 11 is 0. The summed E-state index contributed by atoms with van der Waals surface area (Å²) < 4.78 is 13.3. The fraction of sp³-hybridized carbons (Fsp3) is 0.111. The van der Waals surface area contributed by atoms with Crippen molar-refractivity contribution in [1.29, 1.82) is 0 Å².